The van der Waals surface area contributed by atoms with Gasteiger partial charge >= 0.3 is 5.69 Å². The van der Waals surface area contributed by atoms with Crippen molar-refractivity contribution in [2.75, 3.05) is 32.7 Å². The molecule has 6 nitrogen and oxygen atoms in total. The van der Waals surface area contributed by atoms with E-state index in [0.717, 1.165) is 58.4 Å². The van der Waals surface area contributed by atoms with Crippen LogP contribution in [-0.2, 0) is 11.3 Å². The lowest BCUT2D eigenvalue weighted by atomic mass is 9.96. The molecule has 2 aliphatic rings. The summed E-state index contributed by atoms with van der Waals surface area (Å²) in [5.41, 5.74) is -0.0586. The summed E-state index contributed by atoms with van der Waals surface area (Å²) in [6.45, 7) is 5.27. The van der Waals surface area contributed by atoms with Gasteiger partial charge in [-0.05, 0) is 32.2 Å². The zero-order chi connectivity index (χ0) is 14.7. The van der Waals surface area contributed by atoms with Crippen molar-refractivity contribution in [3.8, 4) is 0 Å². The van der Waals surface area contributed by atoms with Gasteiger partial charge in [-0.25, -0.2) is 4.79 Å². The Morgan fingerprint density at radius 2 is 2.00 bits per heavy atom. The molecule has 0 saturated carbocycles. The largest absolute Gasteiger partial charge is 0.342 e. The molecule has 6 heteroatoms. The number of imidazole rings is 1. The summed E-state index contributed by atoms with van der Waals surface area (Å²) in [7, 11) is 0. The van der Waals surface area contributed by atoms with Crippen LogP contribution in [0.25, 0.3) is 0 Å². The van der Waals surface area contributed by atoms with Crippen molar-refractivity contribution in [2.24, 2.45) is 5.92 Å². The van der Waals surface area contributed by atoms with Crippen molar-refractivity contribution in [3.63, 3.8) is 0 Å². The van der Waals surface area contributed by atoms with Crippen LogP contribution >= 0.6 is 0 Å². The fraction of sp³-hybridized carbons (Fsp3) is 0.733. The highest BCUT2D eigenvalue weighted by molar-refractivity contribution is 5.79. The minimum atomic E-state index is -0.0586. The second-order valence-corrected chi connectivity index (χ2v) is 6.13. The average molecular weight is 292 g/mol. The third-order valence-corrected chi connectivity index (χ3v) is 4.65. The van der Waals surface area contributed by atoms with Gasteiger partial charge in [0.05, 0.1) is 5.92 Å². The lowest BCUT2D eigenvalue weighted by molar-refractivity contribution is -0.136. The summed E-state index contributed by atoms with van der Waals surface area (Å²) < 4.78 is 1.69. The maximum atomic E-state index is 12.5. The molecule has 0 aromatic carbocycles. The Balaban J connectivity index is 1.52. The lowest BCUT2D eigenvalue weighted by Crippen LogP contribution is -2.45. The smallest absolute Gasteiger partial charge is 0.325 e. The second-order valence-electron chi connectivity index (χ2n) is 6.13. The van der Waals surface area contributed by atoms with E-state index < -0.39 is 0 Å². The van der Waals surface area contributed by atoms with E-state index in [1.807, 2.05) is 4.90 Å². The standard InChI is InChI=1S/C15H24N4O2/c20-14(18-7-1-2-8-18)13-4-3-6-17(12-13)10-11-19-9-5-16-15(19)21/h5,9,13H,1-4,6-8,10-12H2,(H,16,21)/t13-/m1/s1. The monoisotopic (exact) mass is 292 g/mol. The van der Waals surface area contributed by atoms with Crippen LogP contribution in [0, 0.1) is 5.92 Å². The van der Waals surface area contributed by atoms with Gasteiger partial charge in [-0.3, -0.25) is 9.36 Å². The summed E-state index contributed by atoms with van der Waals surface area (Å²) in [6.07, 6.45) is 7.83. The summed E-state index contributed by atoms with van der Waals surface area (Å²) >= 11 is 0. The van der Waals surface area contributed by atoms with Crippen LogP contribution in [-0.4, -0.2) is 58.0 Å². The van der Waals surface area contributed by atoms with Crippen molar-refractivity contribution >= 4 is 5.91 Å². The fourth-order valence-electron chi connectivity index (χ4n) is 3.43. The summed E-state index contributed by atoms with van der Waals surface area (Å²) in [4.78, 5) is 30.9. The van der Waals surface area contributed by atoms with E-state index in [2.05, 4.69) is 9.88 Å². The van der Waals surface area contributed by atoms with E-state index in [0.29, 0.717) is 12.5 Å². The van der Waals surface area contributed by atoms with Crippen LogP contribution in [0.15, 0.2) is 17.2 Å². The average Bonchev–Trinajstić information content (AvgIpc) is 3.16. The molecule has 2 saturated heterocycles. The van der Waals surface area contributed by atoms with Gasteiger partial charge in [0.15, 0.2) is 0 Å². The molecule has 0 bridgehead atoms. The molecule has 0 spiro atoms. The highest BCUT2D eigenvalue weighted by Crippen LogP contribution is 2.21. The van der Waals surface area contributed by atoms with Gasteiger partial charge in [-0.1, -0.05) is 0 Å². The molecule has 1 aromatic rings. The van der Waals surface area contributed by atoms with Crippen LogP contribution in [0.1, 0.15) is 25.7 Å². The molecule has 116 valence electrons. The predicted molar refractivity (Wildman–Crippen MR) is 80.0 cm³/mol. The molecule has 0 unspecified atom stereocenters. The van der Waals surface area contributed by atoms with Gasteiger partial charge in [0.1, 0.15) is 0 Å². The molecular formula is C15H24N4O2. The zero-order valence-corrected chi connectivity index (χ0v) is 12.5. The van der Waals surface area contributed by atoms with Gasteiger partial charge in [0, 0.05) is 45.1 Å². The molecule has 0 aliphatic carbocycles. The van der Waals surface area contributed by atoms with Crippen molar-refractivity contribution in [2.45, 2.75) is 32.2 Å². The molecule has 2 fully saturated rings. The predicted octanol–water partition coefficient (Wildman–Crippen LogP) is 0.511. The first kappa shape index (κ1) is 14.4. The number of aromatic amines is 1. The minimum Gasteiger partial charge on any atom is -0.342 e. The van der Waals surface area contributed by atoms with Gasteiger partial charge in [0.25, 0.3) is 0 Å². The summed E-state index contributed by atoms with van der Waals surface area (Å²) in [5, 5.41) is 0. The molecule has 1 aromatic heterocycles. The first-order chi connectivity index (χ1) is 10.2. The maximum absolute atomic E-state index is 12.5. The number of likely N-dealkylation sites (tertiary alicyclic amines) is 2. The number of aromatic nitrogens is 2. The number of piperidine rings is 1. The van der Waals surface area contributed by atoms with E-state index in [4.69, 9.17) is 0 Å². The number of carbonyl (C=O) groups is 1. The van der Waals surface area contributed by atoms with E-state index in [-0.39, 0.29) is 11.6 Å². The van der Waals surface area contributed by atoms with Crippen molar-refractivity contribution in [3.05, 3.63) is 22.9 Å². The third-order valence-electron chi connectivity index (χ3n) is 4.65. The van der Waals surface area contributed by atoms with Crippen molar-refractivity contribution in [1.29, 1.82) is 0 Å². The summed E-state index contributed by atoms with van der Waals surface area (Å²) in [5.74, 6) is 0.496. The van der Waals surface area contributed by atoms with E-state index >= 15 is 0 Å². The highest BCUT2D eigenvalue weighted by atomic mass is 16.2. The van der Waals surface area contributed by atoms with Crippen LogP contribution in [0.2, 0.25) is 0 Å². The first-order valence-corrected chi connectivity index (χ1v) is 7.99. The Labute approximate surface area is 124 Å². The van der Waals surface area contributed by atoms with Crippen molar-refractivity contribution in [1.82, 2.24) is 19.4 Å². The number of nitrogens with one attached hydrogen (secondary N) is 1. The normalized spacial score (nSPS) is 23.6. The van der Waals surface area contributed by atoms with Gasteiger partial charge in [-0.15, -0.1) is 0 Å². The molecule has 0 radical (unpaired) electrons. The van der Waals surface area contributed by atoms with Gasteiger partial charge in [-0.2, -0.15) is 0 Å². The Bertz CT molecular complexity index is 530. The molecule has 2 aliphatic heterocycles. The molecular weight excluding hydrogens is 268 g/mol. The Kier molecular flexibility index (Phi) is 4.43. The zero-order valence-electron chi connectivity index (χ0n) is 12.5. The summed E-state index contributed by atoms with van der Waals surface area (Å²) in [6, 6.07) is 0. The Morgan fingerprint density at radius 1 is 1.19 bits per heavy atom. The van der Waals surface area contributed by atoms with E-state index in [1.54, 1.807) is 17.0 Å². The maximum Gasteiger partial charge on any atom is 0.325 e. The SMILES string of the molecule is O=C([C@@H]1CCCN(CCn2cc[nH]c2=O)C1)N1CCCC1. The van der Waals surface area contributed by atoms with E-state index in [1.165, 1.54) is 0 Å². The molecule has 3 heterocycles. The first-order valence-electron chi connectivity index (χ1n) is 7.99. The lowest BCUT2D eigenvalue weighted by Gasteiger charge is -2.33. The second kappa shape index (κ2) is 6.47. The van der Waals surface area contributed by atoms with Crippen LogP contribution in [0.4, 0.5) is 0 Å². The Morgan fingerprint density at radius 3 is 2.71 bits per heavy atom. The minimum absolute atomic E-state index is 0.0586. The molecule has 1 amide bonds. The molecule has 21 heavy (non-hydrogen) atoms. The van der Waals surface area contributed by atoms with Crippen LogP contribution < -0.4 is 5.69 Å². The number of carbonyl (C=O) groups excluding carboxylic acids is 1. The van der Waals surface area contributed by atoms with Gasteiger partial charge < -0.3 is 14.8 Å². The number of amides is 1. The number of hydrogen-bond acceptors (Lipinski definition) is 3. The van der Waals surface area contributed by atoms with Crippen LogP contribution in [0.3, 0.4) is 0 Å². The molecule has 1 atom stereocenters. The van der Waals surface area contributed by atoms with Crippen LogP contribution in [0.5, 0.6) is 0 Å². The fourth-order valence-corrected chi connectivity index (χ4v) is 3.43. The highest BCUT2D eigenvalue weighted by Gasteiger charge is 2.30. The van der Waals surface area contributed by atoms with E-state index in [9.17, 15) is 9.59 Å². The number of nitrogens with zero attached hydrogens (tertiary/aromatic N) is 3. The quantitative estimate of drug-likeness (QED) is 0.879. The number of H-pyrrole nitrogens is 1. The number of hydrogen-bond donors (Lipinski definition) is 1. The molecule has 3 rings (SSSR count). The third kappa shape index (κ3) is 3.37. The van der Waals surface area contributed by atoms with Crippen molar-refractivity contribution < 1.29 is 4.79 Å². The molecule has 1 N–H and O–H groups in total. The topological polar surface area (TPSA) is 61.3 Å². The van der Waals surface area contributed by atoms with Gasteiger partial charge in [0.2, 0.25) is 5.91 Å². The Hall–Kier alpha value is -1.56. The number of rotatable bonds is 4.